The number of halogens is 2. The number of rotatable bonds is 6. The fourth-order valence-corrected chi connectivity index (χ4v) is 3.60. The van der Waals surface area contributed by atoms with Gasteiger partial charge in [0, 0.05) is 22.8 Å². The van der Waals surface area contributed by atoms with Gasteiger partial charge in [-0.25, -0.2) is 18.1 Å². The first-order valence-corrected chi connectivity index (χ1v) is 9.79. The van der Waals surface area contributed by atoms with E-state index in [1.807, 2.05) is 30.3 Å². The summed E-state index contributed by atoms with van der Waals surface area (Å²) in [5.74, 6) is 0.252. The van der Waals surface area contributed by atoms with Gasteiger partial charge in [-0.1, -0.05) is 52.3 Å². The van der Waals surface area contributed by atoms with Gasteiger partial charge in [0.15, 0.2) is 0 Å². The first kappa shape index (κ1) is 20.4. The van der Waals surface area contributed by atoms with Crippen LogP contribution < -0.4 is 4.72 Å². The van der Waals surface area contributed by atoms with Gasteiger partial charge in [-0.2, -0.15) is 0 Å². The molecule has 0 aliphatic carbocycles. The van der Waals surface area contributed by atoms with Crippen LogP contribution in [0.3, 0.4) is 0 Å². The third-order valence-corrected chi connectivity index (χ3v) is 5.39. The molecule has 3 aromatic rings. The molecule has 0 aliphatic heterocycles. The van der Waals surface area contributed by atoms with Crippen LogP contribution in [0.2, 0.25) is 0 Å². The Labute approximate surface area is 171 Å². The third-order valence-electron chi connectivity index (χ3n) is 3.52. The number of hydrogen-bond acceptors (Lipinski definition) is 3. The topological polar surface area (TPSA) is 64.0 Å². The van der Waals surface area contributed by atoms with Crippen LogP contribution >= 0.6 is 32.9 Å². The van der Waals surface area contributed by atoms with Crippen LogP contribution in [0.25, 0.3) is 11.3 Å². The lowest BCUT2D eigenvalue weighted by atomic mass is 10.2. The van der Waals surface area contributed by atoms with Gasteiger partial charge in [-0.05, 0) is 24.3 Å². The highest BCUT2D eigenvalue weighted by atomic mass is 79.9. The third kappa shape index (κ3) is 4.63. The minimum atomic E-state index is -3.73. The summed E-state index contributed by atoms with van der Waals surface area (Å²) in [5.41, 5.74) is 1.60. The summed E-state index contributed by atoms with van der Waals surface area (Å²) in [5, 5.41) is 0. The van der Waals surface area contributed by atoms with Gasteiger partial charge in [0.25, 0.3) is 10.0 Å². The van der Waals surface area contributed by atoms with E-state index >= 15 is 0 Å². The molecule has 0 saturated carbocycles. The summed E-state index contributed by atoms with van der Waals surface area (Å²) >= 11 is 3.30. The van der Waals surface area contributed by atoms with Crippen molar-refractivity contribution in [3.05, 3.63) is 77.9 Å². The molecule has 1 heterocycles. The van der Waals surface area contributed by atoms with Gasteiger partial charge >= 0.3 is 0 Å². The number of sulfonamides is 1. The smallest absolute Gasteiger partial charge is 0.264 e. The molecule has 8 heteroatoms. The Morgan fingerprint density at radius 2 is 1.77 bits per heavy atom. The zero-order chi connectivity index (χ0) is 17.9. The predicted molar refractivity (Wildman–Crippen MR) is 113 cm³/mol. The first-order valence-electron chi connectivity index (χ1n) is 7.51. The van der Waals surface area contributed by atoms with Gasteiger partial charge in [0.2, 0.25) is 5.95 Å². The summed E-state index contributed by atoms with van der Waals surface area (Å²) in [6.45, 7) is 4.15. The number of anilines is 1. The Morgan fingerprint density at radius 3 is 2.38 bits per heavy atom. The molecule has 1 aromatic heterocycles. The molecule has 0 radical (unpaired) electrons. The monoisotopic (exact) mass is 497 g/mol. The van der Waals surface area contributed by atoms with E-state index in [0.717, 1.165) is 10.0 Å². The van der Waals surface area contributed by atoms with Crippen molar-refractivity contribution in [1.82, 2.24) is 9.55 Å². The molecule has 1 N–H and O–H groups in total. The maximum Gasteiger partial charge on any atom is 0.264 e. The van der Waals surface area contributed by atoms with Gasteiger partial charge in [0.1, 0.15) is 0 Å². The van der Waals surface area contributed by atoms with Crippen LogP contribution in [0.5, 0.6) is 0 Å². The van der Waals surface area contributed by atoms with Crippen molar-refractivity contribution in [3.63, 3.8) is 0 Å². The van der Waals surface area contributed by atoms with Crippen molar-refractivity contribution in [2.24, 2.45) is 0 Å². The highest BCUT2D eigenvalue weighted by molar-refractivity contribution is 9.10. The van der Waals surface area contributed by atoms with Crippen LogP contribution in [0.15, 0.2) is 82.8 Å². The quantitative estimate of drug-likeness (QED) is 0.492. The second-order valence-electron chi connectivity index (χ2n) is 5.32. The van der Waals surface area contributed by atoms with Gasteiger partial charge in [0.05, 0.1) is 10.6 Å². The Morgan fingerprint density at radius 1 is 1.12 bits per heavy atom. The van der Waals surface area contributed by atoms with Crippen LogP contribution in [0.4, 0.5) is 5.95 Å². The van der Waals surface area contributed by atoms with E-state index in [-0.39, 0.29) is 27.8 Å². The van der Waals surface area contributed by atoms with Crippen molar-refractivity contribution in [2.75, 3.05) is 4.72 Å². The standard InChI is InChI=1S/C18H16BrN3O2S.BrH/c1-2-12-22-13-17(14-6-4-3-5-7-14)20-18(22)21-25(23,24)16-10-8-15(19)9-11-16;/h2-11,13H,1,12H2,(H,20,21);1H. The second kappa shape index (κ2) is 8.66. The lowest BCUT2D eigenvalue weighted by Gasteiger charge is -2.09. The molecule has 0 atom stereocenters. The van der Waals surface area contributed by atoms with Crippen LogP contribution in [0, 0.1) is 0 Å². The Hall–Kier alpha value is -1.90. The number of benzene rings is 2. The Balaban J connectivity index is 0.00000243. The lowest BCUT2D eigenvalue weighted by Crippen LogP contribution is -2.16. The number of allylic oxidation sites excluding steroid dienone is 1. The Bertz CT molecular complexity index is 985. The molecule has 0 aliphatic rings. The minimum absolute atomic E-state index is 0. The van der Waals surface area contributed by atoms with Crippen LogP contribution in [0.1, 0.15) is 0 Å². The summed E-state index contributed by atoms with van der Waals surface area (Å²) in [4.78, 5) is 4.61. The number of nitrogens with one attached hydrogen (secondary N) is 1. The second-order valence-corrected chi connectivity index (χ2v) is 7.91. The van der Waals surface area contributed by atoms with E-state index in [2.05, 4.69) is 32.2 Å². The molecule has 0 bridgehead atoms. The van der Waals surface area contributed by atoms with Gasteiger partial charge in [-0.3, -0.25) is 0 Å². The van der Waals surface area contributed by atoms with Crippen LogP contribution in [-0.4, -0.2) is 18.0 Å². The van der Waals surface area contributed by atoms with E-state index < -0.39 is 10.0 Å². The molecular formula is C18H17Br2N3O2S. The molecule has 0 unspecified atom stereocenters. The zero-order valence-electron chi connectivity index (χ0n) is 13.7. The summed E-state index contributed by atoms with van der Waals surface area (Å²) in [6.07, 6.45) is 3.49. The average molecular weight is 499 g/mol. The maximum atomic E-state index is 12.6. The lowest BCUT2D eigenvalue weighted by molar-refractivity contribution is 0.600. The zero-order valence-corrected chi connectivity index (χ0v) is 17.8. The fraction of sp³-hybridized carbons (Fsp3) is 0.0556. The average Bonchev–Trinajstić information content (AvgIpc) is 2.98. The summed E-state index contributed by atoms with van der Waals surface area (Å²) in [6, 6.07) is 16.0. The molecule has 5 nitrogen and oxygen atoms in total. The molecule has 136 valence electrons. The number of imidazole rings is 1. The van der Waals surface area contributed by atoms with Crippen LogP contribution in [-0.2, 0) is 16.6 Å². The Kier molecular flexibility index (Phi) is 6.80. The van der Waals surface area contributed by atoms with Crippen molar-refractivity contribution in [2.45, 2.75) is 11.4 Å². The van der Waals surface area contributed by atoms with Gasteiger partial charge in [-0.15, -0.1) is 23.6 Å². The van der Waals surface area contributed by atoms with Crippen molar-refractivity contribution in [1.29, 1.82) is 0 Å². The van der Waals surface area contributed by atoms with E-state index in [4.69, 9.17) is 0 Å². The highest BCUT2D eigenvalue weighted by Crippen LogP contribution is 2.23. The largest absolute Gasteiger partial charge is 0.312 e. The maximum absolute atomic E-state index is 12.6. The molecule has 26 heavy (non-hydrogen) atoms. The fourth-order valence-electron chi connectivity index (χ4n) is 2.32. The molecular weight excluding hydrogens is 482 g/mol. The number of aromatic nitrogens is 2. The minimum Gasteiger partial charge on any atom is -0.312 e. The van der Waals surface area contributed by atoms with E-state index in [1.165, 1.54) is 12.1 Å². The molecule has 0 amide bonds. The molecule has 2 aromatic carbocycles. The highest BCUT2D eigenvalue weighted by Gasteiger charge is 2.18. The molecule has 0 fully saturated rings. The summed E-state index contributed by atoms with van der Waals surface area (Å²) < 4.78 is 30.3. The van der Waals surface area contributed by atoms with E-state index in [1.54, 1.807) is 29.0 Å². The molecule has 0 spiro atoms. The SMILES string of the molecule is Br.C=CCn1cc(-c2ccccc2)nc1NS(=O)(=O)c1ccc(Br)cc1. The molecule has 3 rings (SSSR count). The first-order chi connectivity index (χ1) is 12.0. The van der Waals surface area contributed by atoms with Crippen molar-refractivity contribution in [3.8, 4) is 11.3 Å². The van der Waals surface area contributed by atoms with Crippen molar-refractivity contribution < 1.29 is 8.42 Å². The molecule has 0 saturated heterocycles. The van der Waals surface area contributed by atoms with E-state index in [9.17, 15) is 8.42 Å². The normalized spacial score (nSPS) is 10.8. The van der Waals surface area contributed by atoms with Gasteiger partial charge < -0.3 is 4.57 Å². The van der Waals surface area contributed by atoms with E-state index in [0.29, 0.717) is 12.2 Å². The predicted octanol–water partition coefficient (Wildman–Crippen LogP) is 4.88. The number of hydrogen-bond donors (Lipinski definition) is 1. The van der Waals surface area contributed by atoms with Crippen molar-refractivity contribution >= 4 is 48.9 Å². The number of nitrogens with zero attached hydrogens (tertiary/aromatic N) is 2. The summed E-state index contributed by atoms with van der Waals surface area (Å²) in [7, 11) is -3.73.